The van der Waals surface area contributed by atoms with E-state index in [1.165, 1.54) is 42.1 Å². The van der Waals surface area contributed by atoms with Crippen LogP contribution in [0.5, 0.6) is 0 Å². The molecule has 266 valence electrons. The highest BCUT2D eigenvalue weighted by Gasteiger charge is 2.21. The number of nitrogens with zero attached hydrogens (tertiary/aromatic N) is 5. The van der Waals surface area contributed by atoms with E-state index >= 15 is 0 Å². The van der Waals surface area contributed by atoms with Crippen LogP contribution >= 0.6 is 11.3 Å². The van der Waals surface area contributed by atoms with Crippen LogP contribution in [0, 0.1) is 0 Å². The van der Waals surface area contributed by atoms with E-state index in [9.17, 15) is 0 Å². The highest BCUT2D eigenvalue weighted by atomic mass is 32.1. The van der Waals surface area contributed by atoms with Crippen LogP contribution in [0.3, 0.4) is 0 Å². The van der Waals surface area contributed by atoms with Crippen molar-refractivity contribution < 1.29 is 0 Å². The van der Waals surface area contributed by atoms with Gasteiger partial charge in [0.2, 0.25) is 5.95 Å². The molecular weight excluding hydrogens is 715 g/mol. The molecule has 0 saturated heterocycles. The Morgan fingerprint density at radius 2 is 0.842 bits per heavy atom. The van der Waals surface area contributed by atoms with E-state index in [0.717, 1.165) is 49.7 Å². The van der Waals surface area contributed by atoms with Crippen LogP contribution in [0.25, 0.3) is 109 Å². The molecule has 8 aromatic carbocycles. The lowest BCUT2D eigenvalue weighted by Crippen LogP contribution is -2.06. The van der Waals surface area contributed by atoms with Crippen LogP contribution in [0.1, 0.15) is 0 Å². The molecule has 4 aromatic heterocycles. The first-order valence-electron chi connectivity index (χ1n) is 19.1. The summed E-state index contributed by atoms with van der Waals surface area (Å²) in [4.78, 5) is 15.3. The molecule has 0 saturated carbocycles. The number of para-hydroxylation sites is 2. The van der Waals surface area contributed by atoms with E-state index < -0.39 is 0 Å². The summed E-state index contributed by atoms with van der Waals surface area (Å²) < 4.78 is 7.26. The van der Waals surface area contributed by atoms with Crippen LogP contribution in [0.4, 0.5) is 0 Å². The molecule has 0 aliphatic heterocycles. The molecule has 0 bridgehead atoms. The monoisotopic (exact) mass is 745 g/mol. The van der Waals surface area contributed by atoms with Crippen LogP contribution in [0.2, 0.25) is 0 Å². The molecular formula is C51H31N5S. The maximum atomic E-state index is 5.17. The number of aromatic nitrogens is 5. The van der Waals surface area contributed by atoms with Gasteiger partial charge in [0, 0.05) is 58.5 Å². The van der Waals surface area contributed by atoms with Gasteiger partial charge in [-0.1, -0.05) is 133 Å². The summed E-state index contributed by atoms with van der Waals surface area (Å²) in [6.45, 7) is 0. The van der Waals surface area contributed by atoms with Crippen molar-refractivity contribution >= 4 is 75.1 Å². The van der Waals surface area contributed by atoms with Gasteiger partial charge in [-0.25, -0.2) is 4.98 Å². The van der Waals surface area contributed by atoms with Gasteiger partial charge in [-0.2, -0.15) is 9.97 Å². The SMILES string of the molecule is c1ccc(-c2nc(-c3ccccc3)nc(-n3c4ccccc4c4cc5c(cc43)c3ccccc3n5-c3cccc(-c4ccc5sc6ccccc6c5c4)c3)n2)cc1. The normalized spacial score (nSPS) is 11.9. The Bertz CT molecular complexity index is 3470. The highest BCUT2D eigenvalue weighted by Crippen LogP contribution is 2.41. The number of rotatable bonds is 5. The smallest absolute Gasteiger partial charge is 0.238 e. The number of benzene rings is 8. The van der Waals surface area contributed by atoms with E-state index in [1.54, 1.807) is 0 Å². The van der Waals surface area contributed by atoms with Crippen LogP contribution in [0.15, 0.2) is 188 Å². The van der Waals surface area contributed by atoms with E-state index in [4.69, 9.17) is 15.0 Å². The molecule has 0 unspecified atom stereocenters. The van der Waals surface area contributed by atoms with Crippen molar-refractivity contribution in [3.8, 4) is 45.5 Å². The third kappa shape index (κ3) is 5.04. The Morgan fingerprint density at radius 3 is 1.53 bits per heavy atom. The van der Waals surface area contributed by atoms with Gasteiger partial charge in [0.15, 0.2) is 11.6 Å². The first-order chi connectivity index (χ1) is 28.2. The molecule has 0 atom stereocenters. The molecule has 0 radical (unpaired) electrons. The first kappa shape index (κ1) is 31.9. The Kier molecular flexibility index (Phi) is 7.03. The maximum Gasteiger partial charge on any atom is 0.238 e. The Balaban J connectivity index is 1.09. The predicted molar refractivity (Wildman–Crippen MR) is 238 cm³/mol. The van der Waals surface area contributed by atoms with Gasteiger partial charge in [-0.3, -0.25) is 4.57 Å². The van der Waals surface area contributed by atoms with E-state index in [1.807, 2.05) is 47.7 Å². The summed E-state index contributed by atoms with van der Waals surface area (Å²) in [6, 6.07) is 66.8. The first-order valence-corrected chi connectivity index (χ1v) is 19.9. The fourth-order valence-corrected chi connectivity index (χ4v) is 9.64. The highest BCUT2D eigenvalue weighted by molar-refractivity contribution is 7.25. The molecule has 4 heterocycles. The van der Waals surface area contributed by atoms with Crippen molar-refractivity contribution in [1.82, 2.24) is 24.1 Å². The van der Waals surface area contributed by atoms with Crippen LogP contribution in [-0.4, -0.2) is 24.1 Å². The topological polar surface area (TPSA) is 48.5 Å². The summed E-state index contributed by atoms with van der Waals surface area (Å²) in [5.74, 6) is 1.85. The van der Waals surface area contributed by atoms with Crippen molar-refractivity contribution in [2.24, 2.45) is 0 Å². The van der Waals surface area contributed by atoms with Gasteiger partial charge in [0.1, 0.15) is 0 Å². The minimum absolute atomic E-state index is 0.583. The largest absolute Gasteiger partial charge is 0.309 e. The number of hydrogen-bond acceptors (Lipinski definition) is 4. The third-order valence-corrected chi connectivity index (χ3v) is 12.3. The fraction of sp³-hybridized carbons (Fsp3) is 0. The summed E-state index contributed by atoms with van der Waals surface area (Å²) in [7, 11) is 0. The van der Waals surface area contributed by atoms with Crippen molar-refractivity contribution in [3.63, 3.8) is 0 Å². The average molecular weight is 746 g/mol. The molecule has 0 amide bonds. The van der Waals surface area contributed by atoms with E-state index in [2.05, 4.69) is 161 Å². The van der Waals surface area contributed by atoms with Gasteiger partial charge in [-0.15, -0.1) is 11.3 Å². The van der Waals surface area contributed by atoms with Crippen LogP contribution < -0.4 is 0 Å². The zero-order valence-electron chi connectivity index (χ0n) is 30.5. The predicted octanol–water partition coefficient (Wildman–Crippen LogP) is 13.4. The molecule has 12 aromatic rings. The van der Waals surface area contributed by atoms with E-state index in [0.29, 0.717) is 17.6 Å². The van der Waals surface area contributed by atoms with Crippen molar-refractivity contribution in [1.29, 1.82) is 0 Å². The second-order valence-electron chi connectivity index (χ2n) is 14.5. The molecule has 12 rings (SSSR count). The Hall–Kier alpha value is -7.41. The molecule has 0 N–H and O–H groups in total. The van der Waals surface area contributed by atoms with Gasteiger partial charge >= 0.3 is 0 Å². The summed E-state index contributed by atoms with van der Waals surface area (Å²) >= 11 is 1.85. The number of fused-ring (bicyclic) bond motifs is 9. The summed E-state index contributed by atoms with van der Waals surface area (Å²) in [5.41, 5.74) is 9.78. The van der Waals surface area contributed by atoms with Crippen LogP contribution in [-0.2, 0) is 0 Å². The molecule has 5 nitrogen and oxygen atoms in total. The summed E-state index contributed by atoms with van der Waals surface area (Å²) in [5, 5.41) is 7.24. The molecule has 0 aliphatic rings. The number of thiophene rings is 1. The fourth-order valence-electron chi connectivity index (χ4n) is 8.55. The average Bonchev–Trinajstić information content (AvgIpc) is 3.93. The number of hydrogen-bond donors (Lipinski definition) is 0. The minimum Gasteiger partial charge on any atom is -0.309 e. The molecule has 0 spiro atoms. The lowest BCUT2D eigenvalue weighted by Gasteiger charge is -2.12. The molecule has 0 fully saturated rings. The zero-order chi connectivity index (χ0) is 37.5. The quantitative estimate of drug-likeness (QED) is 0.176. The van der Waals surface area contributed by atoms with Gasteiger partial charge in [-0.05, 0) is 65.7 Å². The Morgan fingerprint density at radius 1 is 0.316 bits per heavy atom. The zero-order valence-corrected chi connectivity index (χ0v) is 31.4. The van der Waals surface area contributed by atoms with Gasteiger partial charge in [0.05, 0.1) is 22.1 Å². The summed E-state index contributed by atoms with van der Waals surface area (Å²) in [6.07, 6.45) is 0. The lowest BCUT2D eigenvalue weighted by atomic mass is 10.0. The minimum atomic E-state index is 0.583. The second kappa shape index (κ2) is 12.6. The second-order valence-corrected chi connectivity index (χ2v) is 15.5. The standard InChI is InChI=1S/C51H31N5S/c1-3-14-32(15-4-1)49-52-50(33-16-5-2-6-17-33)54-51(53-49)56-44-24-11-8-21-38(44)41-30-45-40(31-46(41)56)37-20-7-10-23-43(37)55(45)36-19-13-18-34(28-36)35-26-27-48-42(29-35)39-22-9-12-25-47(39)57-48/h1-31H. The molecule has 0 aliphatic carbocycles. The van der Waals surface area contributed by atoms with Crippen molar-refractivity contribution in [2.45, 2.75) is 0 Å². The lowest BCUT2D eigenvalue weighted by molar-refractivity contribution is 0.954. The molecule has 57 heavy (non-hydrogen) atoms. The molecule has 6 heteroatoms. The Labute approximate surface area is 331 Å². The maximum absolute atomic E-state index is 5.17. The van der Waals surface area contributed by atoms with Gasteiger partial charge < -0.3 is 4.57 Å². The van der Waals surface area contributed by atoms with E-state index in [-0.39, 0.29) is 0 Å². The van der Waals surface area contributed by atoms with Gasteiger partial charge in [0.25, 0.3) is 0 Å². The van der Waals surface area contributed by atoms with Crippen molar-refractivity contribution in [2.75, 3.05) is 0 Å². The third-order valence-electron chi connectivity index (χ3n) is 11.2. The van der Waals surface area contributed by atoms with Crippen molar-refractivity contribution in [3.05, 3.63) is 188 Å².